The van der Waals surface area contributed by atoms with Gasteiger partial charge in [0.15, 0.2) is 0 Å². The summed E-state index contributed by atoms with van der Waals surface area (Å²) in [6, 6.07) is 15.6. The molecule has 0 aliphatic carbocycles. The van der Waals surface area contributed by atoms with Crippen molar-refractivity contribution in [2.75, 3.05) is 51.4 Å². The Morgan fingerprint density at radius 2 is 1.82 bits per heavy atom. The fraction of sp³-hybridized carbons (Fsp3) is 0.481. The number of piperidine rings is 1. The second kappa shape index (κ2) is 14.6. The van der Waals surface area contributed by atoms with Gasteiger partial charge < -0.3 is 14.5 Å². The number of hydrogen-bond acceptors (Lipinski definition) is 6. The zero-order valence-electron chi connectivity index (χ0n) is 21.9. The molecule has 1 saturated heterocycles. The minimum atomic E-state index is -3.63. The average Bonchev–Trinajstić information content (AvgIpc) is 2.93. The van der Waals surface area contributed by atoms with Crippen LogP contribution in [0.25, 0.3) is 0 Å². The summed E-state index contributed by atoms with van der Waals surface area (Å²) in [5, 5.41) is 0. The van der Waals surface area contributed by atoms with E-state index < -0.39 is 15.8 Å². The number of carbonyl (C=O) groups excluding carboxylic acids is 2. The van der Waals surface area contributed by atoms with Gasteiger partial charge in [-0.3, -0.25) is 9.59 Å². The van der Waals surface area contributed by atoms with Gasteiger partial charge in [0, 0.05) is 44.2 Å². The van der Waals surface area contributed by atoms with Gasteiger partial charge in [0.1, 0.15) is 5.82 Å². The molecule has 0 aromatic heterocycles. The smallest absolute Gasteiger partial charge is 0.238 e. The number of halogens is 1. The number of nitrogens with zero attached hydrogens (tertiary/aromatic N) is 3. The number of likely N-dealkylation sites (tertiary alicyclic amines) is 1. The van der Waals surface area contributed by atoms with Crippen LogP contribution in [0.2, 0.25) is 0 Å². The summed E-state index contributed by atoms with van der Waals surface area (Å²) >= 11 is 1.49. The van der Waals surface area contributed by atoms with Crippen LogP contribution in [0.4, 0.5) is 4.39 Å². The van der Waals surface area contributed by atoms with Gasteiger partial charge in [-0.25, -0.2) is 12.8 Å². The minimum absolute atomic E-state index is 0.0417. The predicted molar refractivity (Wildman–Crippen MR) is 147 cm³/mol. The van der Waals surface area contributed by atoms with E-state index >= 15 is 0 Å². The van der Waals surface area contributed by atoms with Crippen molar-refractivity contribution in [1.82, 2.24) is 14.1 Å². The van der Waals surface area contributed by atoms with Crippen molar-refractivity contribution in [2.45, 2.75) is 37.2 Å². The lowest BCUT2D eigenvalue weighted by Gasteiger charge is -2.39. The maximum absolute atomic E-state index is 13.9. The Bertz CT molecular complexity index is 1160. The van der Waals surface area contributed by atoms with E-state index in [-0.39, 0.29) is 49.9 Å². The molecule has 0 spiro atoms. The van der Waals surface area contributed by atoms with Gasteiger partial charge in [-0.05, 0) is 49.6 Å². The quantitative estimate of drug-likeness (QED) is 0.347. The molecule has 0 saturated carbocycles. The van der Waals surface area contributed by atoms with E-state index in [2.05, 4.69) is 0 Å². The van der Waals surface area contributed by atoms with Crippen molar-refractivity contribution in [3.8, 4) is 0 Å². The van der Waals surface area contributed by atoms with E-state index in [1.807, 2.05) is 35.2 Å². The van der Waals surface area contributed by atoms with Crippen molar-refractivity contribution in [3.05, 3.63) is 66.0 Å². The molecule has 1 aliphatic heterocycles. The maximum Gasteiger partial charge on any atom is 0.238 e. The Morgan fingerprint density at radius 3 is 2.45 bits per heavy atom. The summed E-state index contributed by atoms with van der Waals surface area (Å²) in [5.74, 6) is -0.507. The lowest BCUT2D eigenvalue weighted by molar-refractivity contribution is -0.136. The normalized spacial score (nSPS) is 14.6. The first kappa shape index (κ1) is 30.1. The standard InChI is InChI=1S/C27H36FN3O5S2/c1-3-38(34,35)30(16-17-36-2)20-26(32)31(19-22-8-7-9-23(28)18-22)24-12-14-29(15-13-24)27(33)21-37-25-10-5-4-6-11-25/h4-11,18,24H,3,12-17,19-21H2,1-2H3. The lowest BCUT2D eigenvalue weighted by atomic mass is 10.0. The number of rotatable bonds is 13. The molecule has 38 heavy (non-hydrogen) atoms. The third kappa shape index (κ3) is 8.79. The van der Waals surface area contributed by atoms with Crippen LogP contribution in [0.15, 0.2) is 59.5 Å². The number of ether oxygens (including phenoxy) is 1. The second-order valence-corrected chi connectivity index (χ2v) is 12.4. The first-order valence-electron chi connectivity index (χ1n) is 12.7. The van der Waals surface area contributed by atoms with Crippen LogP contribution >= 0.6 is 11.8 Å². The molecule has 2 aromatic rings. The van der Waals surface area contributed by atoms with Gasteiger partial charge in [0.2, 0.25) is 21.8 Å². The topological polar surface area (TPSA) is 87.2 Å². The molecule has 1 fully saturated rings. The van der Waals surface area contributed by atoms with E-state index in [1.54, 1.807) is 17.0 Å². The van der Waals surface area contributed by atoms with Crippen LogP contribution < -0.4 is 0 Å². The summed E-state index contributed by atoms with van der Waals surface area (Å²) in [6.07, 6.45) is 1.11. The molecule has 0 N–H and O–H groups in total. The number of benzene rings is 2. The number of sulfonamides is 1. The summed E-state index contributed by atoms with van der Waals surface area (Å²) in [6.45, 7) is 2.59. The fourth-order valence-corrected chi connectivity index (χ4v) is 6.21. The summed E-state index contributed by atoms with van der Waals surface area (Å²) in [4.78, 5) is 30.8. The Kier molecular flexibility index (Phi) is 11.6. The number of carbonyl (C=O) groups is 2. The molecule has 0 bridgehead atoms. The largest absolute Gasteiger partial charge is 0.383 e. The number of hydrogen-bond donors (Lipinski definition) is 0. The van der Waals surface area contributed by atoms with Crippen molar-refractivity contribution in [3.63, 3.8) is 0 Å². The van der Waals surface area contributed by atoms with Gasteiger partial charge in [-0.2, -0.15) is 4.31 Å². The van der Waals surface area contributed by atoms with E-state index in [1.165, 1.54) is 37.9 Å². The molecule has 1 aliphatic rings. The molecule has 11 heteroatoms. The van der Waals surface area contributed by atoms with E-state index in [4.69, 9.17) is 4.74 Å². The number of amides is 2. The lowest BCUT2D eigenvalue weighted by Crippen LogP contribution is -2.52. The van der Waals surface area contributed by atoms with Crippen LogP contribution in [0.3, 0.4) is 0 Å². The molecular formula is C27H36FN3O5S2. The highest BCUT2D eigenvalue weighted by molar-refractivity contribution is 8.00. The van der Waals surface area contributed by atoms with Gasteiger partial charge in [-0.1, -0.05) is 30.3 Å². The first-order valence-corrected chi connectivity index (χ1v) is 15.3. The van der Waals surface area contributed by atoms with Crippen molar-refractivity contribution in [2.24, 2.45) is 0 Å². The average molecular weight is 566 g/mol. The van der Waals surface area contributed by atoms with Crippen molar-refractivity contribution < 1.29 is 27.1 Å². The van der Waals surface area contributed by atoms with Gasteiger partial charge in [0.05, 0.1) is 24.7 Å². The van der Waals surface area contributed by atoms with E-state index in [0.717, 1.165) is 9.20 Å². The molecular weight excluding hydrogens is 529 g/mol. The summed E-state index contributed by atoms with van der Waals surface area (Å²) in [5.41, 5.74) is 0.623. The molecule has 1 heterocycles. The van der Waals surface area contributed by atoms with E-state index in [0.29, 0.717) is 37.2 Å². The van der Waals surface area contributed by atoms with Gasteiger partial charge in [0.25, 0.3) is 0 Å². The van der Waals surface area contributed by atoms with Crippen LogP contribution in [0.5, 0.6) is 0 Å². The Balaban J connectivity index is 1.69. The van der Waals surface area contributed by atoms with Crippen LogP contribution in [-0.2, 0) is 30.9 Å². The molecule has 3 rings (SSSR count). The Hall–Kier alpha value is -2.47. The monoisotopic (exact) mass is 565 g/mol. The van der Waals surface area contributed by atoms with E-state index in [9.17, 15) is 22.4 Å². The molecule has 2 amide bonds. The first-order chi connectivity index (χ1) is 18.2. The highest BCUT2D eigenvalue weighted by Gasteiger charge is 2.32. The Labute approximate surface area is 229 Å². The number of methoxy groups -OCH3 is 1. The molecule has 0 atom stereocenters. The highest BCUT2D eigenvalue weighted by atomic mass is 32.2. The molecule has 2 aromatic carbocycles. The van der Waals surface area contributed by atoms with Crippen molar-refractivity contribution in [1.29, 1.82) is 0 Å². The molecule has 208 valence electrons. The molecule has 8 nitrogen and oxygen atoms in total. The third-order valence-electron chi connectivity index (χ3n) is 6.54. The third-order valence-corrected chi connectivity index (χ3v) is 9.37. The highest BCUT2D eigenvalue weighted by Crippen LogP contribution is 2.23. The fourth-order valence-electron chi connectivity index (χ4n) is 4.37. The molecule has 0 radical (unpaired) electrons. The summed E-state index contributed by atoms with van der Waals surface area (Å²) in [7, 11) is -2.16. The predicted octanol–water partition coefficient (Wildman–Crippen LogP) is 3.24. The second-order valence-electron chi connectivity index (χ2n) is 9.09. The van der Waals surface area contributed by atoms with Crippen LogP contribution in [-0.4, -0.2) is 91.8 Å². The zero-order valence-corrected chi connectivity index (χ0v) is 23.6. The van der Waals surface area contributed by atoms with Gasteiger partial charge >= 0.3 is 0 Å². The van der Waals surface area contributed by atoms with Gasteiger partial charge in [-0.15, -0.1) is 11.8 Å². The summed E-state index contributed by atoms with van der Waals surface area (Å²) < 4.78 is 45.4. The molecule has 0 unspecified atom stereocenters. The number of thioether (sulfide) groups is 1. The zero-order chi connectivity index (χ0) is 27.5. The van der Waals surface area contributed by atoms with Crippen LogP contribution in [0.1, 0.15) is 25.3 Å². The van der Waals surface area contributed by atoms with Crippen molar-refractivity contribution >= 4 is 33.6 Å². The SMILES string of the molecule is CCS(=O)(=O)N(CCOC)CC(=O)N(Cc1cccc(F)c1)C1CCN(C(=O)CSc2ccccc2)CC1. The minimum Gasteiger partial charge on any atom is -0.383 e. The Morgan fingerprint density at radius 1 is 1.11 bits per heavy atom. The van der Waals surface area contributed by atoms with Crippen LogP contribution in [0, 0.1) is 5.82 Å². The maximum atomic E-state index is 13.9.